The fraction of sp³-hybridized carbons (Fsp3) is 0.382. The van der Waals surface area contributed by atoms with Crippen molar-refractivity contribution >= 4 is 23.7 Å². The number of likely N-dealkylation sites (tertiary alicyclic amines) is 1. The van der Waals surface area contributed by atoms with E-state index in [1.54, 1.807) is 19.3 Å². The summed E-state index contributed by atoms with van der Waals surface area (Å²) in [4.78, 5) is 66.6. The van der Waals surface area contributed by atoms with Crippen LogP contribution in [0.5, 0.6) is 0 Å². The number of amides is 3. The van der Waals surface area contributed by atoms with Gasteiger partial charge in [-0.15, -0.1) is 0 Å². The third-order valence-electron chi connectivity index (χ3n) is 8.91. The highest BCUT2D eigenvalue weighted by atomic mass is 16.5. The van der Waals surface area contributed by atoms with Crippen molar-refractivity contribution in [3.05, 3.63) is 106 Å². The zero-order chi connectivity index (χ0) is 31.3. The van der Waals surface area contributed by atoms with E-state index in [-0.39, 0.29) is 41.9 Å². The summed E-state index contributed by atoms with van der Waals surface area (Å²) in [6.45, 7) is 1.11. The molecule has 1 saturated heterocycles. The van der Waals surface area contributed by atoms with Crippen molar-refractivity contribution < 1.29 is 23.9 Å². The van der Waals surface area contributed by atoms with Crippen LogP contribution in [0, 0.1) is 0 Å². The van der Waals surface area contributed by atoms with E-state index >= 15 is 0 Å². The Morgan fingerprint density at radius 2 is 1.64 bits per heavy atom. The predicted octanol–water partition coefficient (Wildman–Crippen LogP) is 2.65. The lowest BCUT2D eigenvalue weighted by Gasteiger charge is -2.42. The zero-order valence-electron chi connectivity index (χ0n) is 25.1. The molecule has 0 spiro atoms. The van der Waals surface area contributed by atoms with E-state index in [9.17, 15) is 24.0 Å². The number of fused-ring (bicyclic) bond motifs is 1. The minimum absolute atomic E-state index is 0.00640. The number of aryl methyl sites for hydroxylation is 1. The number of hydrogen-bond donors (Lipinski definition) is 2. The summed E-state index contributed by atoms with van der Waals surface area (Å²) in [6, 6.07) is 20.3. The smallest absolute Gasteiger partial charge is 0.307 e. The largest absolute Gasteiger partial charge is 0.469 e. The molecule has 5 rings (SSSR count). The minimum atomic E-state index is -1.02. The second kappa shape index (κ2) is 13.3. The Morgan fingerprint density at radius 3 is 2.36 bits per heavy atom. The summed E-state index contributed by atoms with van der Waals surface area (Å²) in [5.74, 6) is -1.42. The van der Waals surface area contributed by atoms with Crippen LogP contribution in [0.3, 0.4) is 0 Å². The van der Waals surface area contributed by atoms with Crippen LogP contribution in [-0.2, 0) is 31.6 Å². The summed E-state index contributed by atoms with van der Waals surface area (Å²) in [5.41, 5.74) is 1.18. The predicted molar refractivity (Wildman–Crippen MR) is 164 cm³/mol. The minimum Gasteiger partial charge on any atom is -0.469 e. The summed E-state index contributed by atoms with van der Waals surface area (Å²) >= 11 is 0. The van der Waals surface area contributed by atoms with Crippen LogP contribution < -0.4 is 16.2 Å². The van der Waals surface area contributed by atoms with E-state index in [2.05, 4.69) is 10.6 Å². The standard InChI is InChI=1S/C34H38N4O6/c1-37-20-8-12-27(31(37)41)30(40)36-24-16-21-38(22-17-24)32(42)26-14-18-34(23-9-4-3-5-10-23,28-13-7-6-11-25(26)28)33(43)35-19-15-29(39)44-2/h3-13,20,24,26H,14-19,21-22H2,1-2H3,(H,35,43)(H,36,40)/t26-,34+/m0/s1. The number of esters is 1. The first kappa shape index (κ1) is 30.7. The van der Waals surface area contributed by atoms with Gasteiger partial charge in [-0.05, 0) is 54.5 Å². The quantitative estimate of drug-likeness (QED) is 0.384. The number of pyridine rings is 1. The SMILES string of the molecule is COC(=O)CCNC(=O)[C@@]1(c2ccccc2)CC[C@H](C(=O)N2CCC(NC(=O)c3cccn(C)c3=O)CC2)c2ccccc21. The molecule has 1 aliphatic heterocycles. The third kappa shape index (κ3) is 6.02. The van der Waals surface area contributed by atoms with Gasteiger partial charge < -0.3 is 24.8 Å². The van der Waals surface area contributed by atoms with Crippen molar-refractivity contribution in [2.45, 2.75) is 49.5 Å². The van der Waals surface area contributed by atoms with Crippen molar-refractivity contribution in [3.63, 3.8) is 0 Å². The monoisotopic (exact) mass is 598 g/mol. The number of nitrogens with one attached hydrogen (secondary N) is 2. The molecule has 2 heterocycles. The average molecular weight is 599 g/mol. The molecule has 3 amide bonds. The summed E-state index contributed by atoms with van der Waals surface area (Å²) < 4.78 is 6.10. The molecule has 1 aromatic heterocycles. The number of carbonyl (C=O) groups excluding carboxylic acids is 4. The van der Waals surface area contributed by atoms with Crippen LogP contribution in [-0.4, -0.2) is 65.9 Å². The van der Waals surface area contributed by atoms with Gasteiger partial charge in [0.2, 0.25) is 11.8 Å². The van der Waals surface area contributed by atoms with Gasteiger partial charge in [0.15, 0.2) is 0 Å². The zero-order valence-corrected chi connectivity index (χ0v) is 25.1. The topological polar surface area (TPSA) is 127 Å². The van der Waals surface area contributed by atoms with E-state index in [1.165, 1.54) is 17.7 Å². The number of piperidine rings is 1. The lowest BCUT2D eigenvalue weighted by molar-refractivity contribution is -0.140. The molecule has 2 atom stereocenters. The molecule has 230 valence electrons. The van der Waals surface area contributed by atoms with Gasteiger partial charge in [0.1, 0.15) is 5.56 Å². The summed E-state index contributed by atoms with van der Waals surface area (Å²) in [5, 5.41) is 5.92. The number of ether oxygens (including phenoxy) is 1. The van der Waals surface area contributed by atoms with Crippen molar-refractivity contribution in [2.24, 2.45) is 7.05 Å². The fourth-order valence-electron chi connectivity index (χ4n) is 6.52. The number of aromatic nitrogens is 1. The molecule has 1 aliphatic carbocycles. The van der Waals surface area contributed by atoms with E-state index in [4.69, 9.17) is 4.74 Å². The number of nitrogens with zero attached hydrogens (tertiary/aromatic N) is 2. The van der Waals surface area contributed by atoms with Gasteiger partial charge in [0.05, 0.1) is 24.9 Å². The van der Waals surface area contributed by atoms with Gasteiger partial charge >= 0.3 is 5.97 Å². The molecular weight excluding hydrogens is 560 g/mol. The highest BCUT2D eigenvalue weighted by Gasteiger charge is 2.48. The highest BCUT2D eigenvalue weighted by Crippen LogP contribution is 2.48. The first-order chi connectivity index (χ1) is 21.3. The lowest BCUT2D eigenvalue weighted by atomic mass is 9.62. The van der Waals surface area contributed by atoms with E-state index in [0.29, 0.717) is 38.8 Å². The number of methoxy groups -OCH3 is 1. The van der Waals surface area contributed by atoms with Gasteiger partial charge in [-0.3, -0.25) is 24.0 Å². The fourth-order valence-corrected chi connectivity index (χ4v) is 6.52. The van der Waals surface area contributed by atoms with Gasteiger partial charge in [0.25, 0.3) is 11.5 Å². The normalized spacial score (nSPS) is 19.9. The van der Waals surface area contributed by atoms with Crippen LogP contribution in [0.25, 0.3) is 0 Å². The Balaban J connectivity index is 1.33. The van der Waals surface area contributed by atoms with Crippen molar-refractivity contribution in [2.75, 3.05) is 26.7 Å². The lowest BCUT2D eigenvalue weighted by Crippen LogP contribution is -2.51. The first-order valence-electron chi connectivity index (χ1n) is 15.0. The average Bonchev–Trinajstić information content (AvgIpc) is 3.05. The van der Waals surface area contributed by atoms with Gasteiger partial charge in [0, 0.05) is 38.9 Å². The molecule has 2 N–H and O–H groups in total. The van der Waals surface area contributed by atoms with Crippen LogP contribution in [0.2, 0.25) is 0 Å². The van der Waals surface area contributed by atoms with Crippen LogP contribution in [0.4, 0.5) is 0 Å². The molecule has 10 nitrogen and oxygen atoms in total. The van der Waals surface area contributed by atoms with Gasteiger partial charge in [-0.2, -0.15) is 0 Å². The third-order valence-corrected chi connectivity index (χ3v) is 8.91. The second-order valence-corrected chi connectivity index (χ2v) is 11.4. The Hall–Kier alpha value is -4.73. The Kier molecular flexibility index (Phi) is 9.27. The maximum atomic E-state index is 14.0. The molecular formula is C34H38N4O6. The Labute approximate surface area is 256 Å². The second-order valence-electron chi connectivity index (χ2n) is 11.4. The number of carbonyl (C=O) groups is 4. The molecule has 1 fully saturated rings. The van der Waals surface area contributed by atoms with Crippen LogP contribution >= 0.6 is 0 Å². The van der Waals surface area contributed by atoms with Gasteiger partial charge in [-0.25, -0.2) is 0 Å². The van der Waals surface area contributed by atoms with Crippen molar-refractivity contribution in [1.29, 1.82) is 0 Å². The van der Waals surface area contributed by atoms with E-state index < -0.39 is 23.2 Å². The number of hydrogen-bond acceptors (Lipinski definition) is 6. The number of rotatable bonds is 8. The molecule has 2 aliphatic rings. The molecule has 3 aromatic rings. The molecule has 0 bridgehead atoms. The highest BCUT2D eigenvalue weighted by molar-refractivity contribution is 5.95. The molecule has 0 unspecified atom stereocenters. The maximum Gasteiger partial charge on any atom is 0.307 e. The molecule has 0 saturated carbocycles. The molecule has 2 aromatic carbocycles. The first-order valence-corrected chi connectivity index (χ1v) is 15.0. The van der Waals surface area contributed by atoms with Crippen molar-refractivity contribution in [3.8, 4) is 0 Å². The molecule has 0 radical (unpaired) electrons. The summed E-state index contributed by atoms with van der Waals surface area (Å²) in [7, 11) is 2.92. The summed E-state index contributed by atoms with van der Waals surface area (Å²) in [6.07, 6.45) is 3.73. The van der Waals surface area contributed by atoms with Gasteiger partial charge in [-0.1, -0.05) is 54.6 Å². The van der Waals surface area contributed by atoms with Crippen molar-refractivity contribution in [1.82, 2.24) is 20.1 Å². The maximum absolute atomic E-state index is 14.0. The van der Waals surface area contributed by atoms with E-state index in [0.717, 1.165) is 16.7 Å². The van der Waals surface area contributed by atoms with E-state index in [1.807, 2.05) is 59.5 Å². The van der Waals surface area contributed by atoms with Crippen LogP contribution in [0.1, 0.15) is 65.1 Å². The Bertz CT molecular complexity index is 1590. The molecule has 44 heavy (non-hydrogen) atoms. The van der Waals surface area contributed by atoms with Crippen LogP contribution in [0.15, 0.2) is 77.7 Å². The Morgan fingerprint density at radius 1 is 0.932 bits per heavy atom. The molecule has 10 heteroatoms. The number of benzene rings is 2.